The number of nitro groups is 1. The Morgan fingerprint density at radius 2 is 2.31 bits per heavy atom. The maximum Gasteiger partial charge on any atom is 0.353 e. The molecule has 1 aromatic heterocycles. The van der Waals surface area contributed by atoms with Gasteiger partial charge in [-0.3, -0.25) is 10.1 Å². The molecule has 0 aliphatic carbocycles. The molecule has 0 aromatic carbocycles. The molecule has 0 spiro atoms. The summed E-state index contributed by atoms with van der Waals surface area (Å²) in [6, 6.07) is 0. The summed E-state index contributed by atoms with van der Waals surface area (Å²) in [5.74, 6) is 0.213. The van der Waals surface area contributed by atoms with Crippen LogP contribution in [0.4, 0.5) is 5.69 Å². The Hall–Kier alpha value is -1.59. The zero-order chi connectivity index (χ0) is 10.0. The van der Waals surface area contributed by atoms with Crippen LogP contribution in [0.15, 0.2) is 0 Å². The van der Waals surface area contributed by atoms with E-state index in [2.05, 4.69) is 5.10 Å². The van der Waals surface area contributed by atoms with Gasteiger partial charge in [-0.25, -0.2) is 4.68 Å². The van der Waals surface area contributed by atoms with E-state index in [4.69, 9.17) is 4.74 Å². The Balaban J connectivity index is 3.20. The minimum Gasteiger partial charge on any atom is -0.473 e. The lowest BCUT2D eigenvalue weighted by atomic mass is 10.4. The van der Waals surface area contributed by atoms with Gasteiger partial charge in [0.1, 0.15) is 5.69 Å². The maximum atomic E-state index is 10.6. The number of hydrogen-bond donors (Lipinski definition) is 0. The number of hydrogen-bond acceptors (Lipinski definition) is 4. The summed E-state index contributed by atoms with van der Waals surface area (Å²) in [7, 11) is 1.62. The van der Waals surface area contributed by atoms with Gasteiger partial charge >= 0.3 is 5.69 Å². The molecule has 0 N–H and O–H groups in total. The van der Waals surface area contributed by atoms with Gasteiger partial charge in [0.2, 0.25) is 0 Å². The Morgan fingerprint density at radius 1 is 1.69 bits per heavy atom. The average Bonchev–Trinajstić information content (AvgIpc) is 2.27. The van der Waals surface area contributed by atoms with Crippen LogP contribution in [0.2, 0.25) is 0 Å². The Morgan fingerprint density at radius 3 is 2.77 bits per heavy atom. The largest absolute Gasteiger partial charge is 0.473 e. The van der Waals surface area contributed by atoms with Crippen LogP contribution in [-0.4, -0.2) is 21.3 Å². The maximum absolute atomic E-state index is 10.6. The smallest absolute Gasteiger partial charge is 0.353 e. The molecule has 0 saturated carbocycles. The minimum absolute atomic E-state index is 0.0515. The Bertz CT molecular complexity index is 332. The van der Waals surface area contributed by atoms with E-state index in [0.717, 1.165) is 0 Å². The van der Waals surface area contributed by atoms with Crippen LogP contribution >= 0.6 is 0 Å². The molecule has 0 fully saturated rings. The summed E-state index contributed by atoms with van der Waals surface area (Å²) in [4.78, 5) is 10.1. The lowest BCUT2D eigenvalue weighted by molar-refractivity contribution is -0.386. The van der Waals surface area contributed by atoms with Gasteiger partial charge in [-0.1, -0.05) is 0 Å². The van der Waals surface area contributed by atoms with E-state index in [1.807, 2.05) is 0 Å². The quantitative estimate of drug-likeness (QED) is 0.521. The van der Waals surface area contributed by atoms with E-state index in [-0.39, 0.29) is 11.6 Å². The molecule has 0 saturated heterocycles. The fourth-order valence-corrected chi connectivity index (χ4v) is 1.13. The molecule has 72 valence electrons. The van der Waals surface area contributed by atoms with Crippen LogP contribution < -0.4 is 4.74 Å². The fraction of sp³-hybridized carbons (Fsp3) is 0.571. The molecule has 0 bridgehead atoms. The van der Waals surface area contributed by atoms with Gasteiger partial charge in [0.15, 0.2) is 0 Å². The number of rotatable bonds is 3. The van der Waals surface area contributed by atoms with Crippen LogP contribution in [0.5, 0.6) is 5.88 Å². The van der Waals surface area contributed by atoms with Crippen molar-refractivity contribution in [3.8, 4) is 5.88 Å². The normalized spacial score (nSPS) is 10.1. The Labute approximate surface area is 75.3 Å². The molecule has 0 amide bonds. The molecule has 0 radical (unpaired) electrons. The summed E-state index contributed by atoms with van der Waals surface area (Å²) in [6.45, 7) is 3.74. The summed E-state index contributed by atoms with van der Waals surface area (Å²) < 4.78 is 6.48. The summed E-state index contributed by atoms with van der Waals surface area (Å²) >= 11 is 0. The first-order valence-electron chi connectivity index (χ1n) is 3.88. The van der Waals surface area contributed by atoms with Gasteiger partial charge in [0, 0.05) is 7.05 Å². The molecule has 1 aromatic rings. The van der Waals surface area contributed by atoms with Crippen molar-refractivity contribution in [1.82, 2.24) is 9.78 Å². The highest BCUT2D eigenvalue weighted by molar-refractivity contribution is 5.45. The summed E-state index contributed by atoms with van der Waals surface area (Å²) in [5.41, 5.74) is 0.320. The van der Waals surface area contributed by atoms with Crippen molar-refractivity contribution in [3.05, 3.63) is 15.8 Å². The van der Waals surface area contributed by atoms with E-state index < -0.39 is 4.92 Å². The zero-order valence-corrected chi connectivity index (χ0v) is 7.77. The highest BCUT2D eigenvalue weighted by atomic mass is 16.6. The predicted octanol–water partition coefficient (Wildman–Crippen LogP) is 1.04. The molecule has 1 rings (SSSR count). The number of nitrogens with zero attached hydrogens (tertiary/aromatic N) is 3. The first-order valence-corrected chi connectivity index (χ1v) is 3.88. The van der Waals surface area contributed by atoms with Crippen molar-refractivity contribution >= 4 is 5.69 Å². The highest BCUT2D eigenvalue weighted by Gasteiger charge is 2.24. The number of aromatic nitrogens is 2. The minimum atomic E-state index is -0.479. The van der Waals surface area contributed by atoms with Gasteiger partial charge in [-0.05, 0) is 13.8 Å². The fourth-order valence-electron chi connectivity index (χ4n) is 1.13. The second kappa shape index (κ2) is 3.42. The van der Waals surface area contributed by atoms with Crippen LogP contribution in [0.25, 0.3) is 0 Å². The van der Waals surface area contributed by atoms with Gasteiger partial charge < -0.3 is 4.74 Å². The number of aryl methyl sites for hydroxylation is 2. The van der Waals surface area contributed by atoms with E-state index in [1.165, 1.54) is 4.68 Å². The first kappa shape index (κ1) is 9.50. The van der Waals surface area contributed by atoms with E-state index in [9.17, 15) is 10.1 Å². The lowest BCUT2D eigenvalue weighted by Crippen LogP contribution is -2.01. The Kier molecular flexibility index (Phi) is 2.50. The molecule has 0 aliphatic heterocycles. The summed E-state index contributed by atoms with van der Waals surface area (Å²) in [5, 5.41) is 14.5. The van der Waals surface area contributed by atoms with Crippen LogP contribution in [-0.2, 0) is 7.05 Å². The van der Waals surface area contributed by atoms with E-state index in [1.54, 1.807) is 20.9 Å². The molecule has 6 nitrogen and oxygen atoms in total. The van der Waals surface area contributed by atoms with Gasteiger partial charge in [0.05, 0.1) is 11.5 Å². The third-order valence-electron chi connectivity index (χ3n) is 1.60. The third-order valence-corrected chi connectivity index (χ3v) is 1.60. The van der Waals surface area contributed by atoms with Crippen molar-refractivity contribution in [2.75, 3.05) is 6.61 Å². The molecular weight excluding hydrogens is 174 g/mol. The van der Waals surface area contributed by atoms with Crippen LogP contribution in [0, 0.1) is 17.0 Å². The topological polar surface area (TPSA) is 70.2 Å². The van der Waals surface area contributed by atoms with Crippen molar-refractivity contribution in [2.45, 2.75) is 13.8 Å². The van der Waals surface area contributed by atoms with Gasteiger partial charge in [-0.2, -0.15) is 5.10 Å². The monoisotopic (exact) mass is 185 g/mol. The molecule has 1 heterocycles. The van der Waals surface area contributed by atoms with Crippen molar-refractivity contribution < 1.29 is 9.66 Å². The van der Waals surface area contributed by atoms with Gasteiger partial charge in [0.25, 0.3) is 5.88 Å². The SMILES string of the molecule is CCOc1c([N+](=O)[O-])c(C)nn1C. The van der Waals surface area contributed by atoms with Crippen LogP contribution in [0.3, 0.4) is 0 Å². The van der Waals surface area contributed by atoms with Crippen molar-refractivity contribution in [2.24, 2.45) is 7.05 Å². The molecule has 0 unspecified atom stereocenters. The van der Waals surface area contributed by atoms with Crippen LogP contribution in [0.1, 0.15) is 12.6 Å². The van der Waals surface area contributed by atoms with E-state index in [0.29, 0.717) is 12.3 Å². The highest BCUT2D eigenvalue weighted by Crippen LogP contribution is 2.29. The second-order valence-corrected chi connectivity index (χ2v) is 2.55. The average molecular weight is 185 g/mol. The molecule has 0 atom stereocenters. The van der Waals surface area contributed by atoms with E-state index >= 15 is 0 Å². The molecular formula is C7H11N3O3. The molecule has 13 heavy (non-hydrogen) atoms. The second-order valence-electron chi connectivity index (χ2n) is 2.55. The lowest BCUT2D eigenvalue weighted by Gasteiger charge is -2.00. The molecule has 0 aliphatic rings. The number of ether oxygens (including phenoxy) is 1. The van der Waals surface area contributed by atoms with Gasteiger partial charge in [-0.15, -0.1) is 0 Å². The first-order chi connectivity index (χ1) is 6.07. The summed E-state index contributed by atoms with van der Waals surface area (Å²) in [6.07, 6.45) is 0. The predicted molar refractivity (Wildman–Crippen MR) is 45.8 cm³/mol. The third kappa shape index (κ3) is 1.61. The molecule has 6 heteroatoms. The van der Waals surface area contributed by atoms with Crippen molar-refractivity contribution in [3.63, 3.8) is 0 Å². The zero-order valence-electron chi connectivity index (χ0n) is 7.77. The van der Waals surface area contributed by atoms with Crippen molar-refractivity contribution in [1.29, 1.82) is 0 Å². The standard InChI is InChI=1S/C7H11N3O3/c1-4-13-7-6(10(11)12)5(2)8-9(7)3/h4H2,1-3H3.